The molecule has 104 valence electrons. The standard InChI is InChI=1S/C15H10ClN3OS/c1-20-11-4-5-12-14(7-11)19(15(21)18-12)13-6-10(16)3-2-9(13)8-17/h2-7H,1H3,(H,18,21). The first kappa shape index (κ1) is 13.7. The summed E-state index contributed by atoms with van der Waals surface area (Å²) in [5, 5.41) is 9.84. The van der Waals surface area contributed by atoms with Crippen molar-refractivity contribution in [2.45, 2.75) is 0 Å². The van der Waals surface area contributed by atoms with Crippen LogP contribution >= 0.6 is 23.8 Å². The number of hydrogen-bond donors (Lipinski definition) is 1. The van der Waals surface area contributed by atoms with E-state index in [0.717, 1.165) is 11.0 Å². The number of nitrogens with one attached hydrogen (secondary N) is 1. The van der Waals surface area contributed by atoms with Crippen LogP contribution in [-0.4, -0.2) is 16.7 Å². The van der Waals surface area contributed by atoms with Crippen molar-refractivity contribution >= 4 is 34.9 Å². The van der Waals surface area contributed by atoms with Crippen LogP contribution in [0.15, 0.2) is 36.4 Å². The normalized spacial score (nSPS) is 10.5. The number of hydrogen-bond acceptors (Lipinski definition) is 3. The molecule has 6 heteroatoms. The lowest BCUT2D eigenvalue weighted by atomic mass is 10.2. The molecule has 1 N–H and O–H groups in total. The zero-order chi connectivity index (χ0) is 15.0. The minimum Gasteiger partial charge on any atom is -0.497 e. The van der Waals surface area contributed by atoms with Crippen LogP contribution in [0, 0.1) is 16.1 Å². The van der Waals surface area contributed by atoms with Crippen molar-refractivity contribution in [3.8, 4) is 17.5 Å². The van der Waals surface area contributed by atoms with Crippen LogP contribution in [0.25, 0.3) is 16.7 Å². The van der Waals surface area contributed by atoms with E-state index >= 15 is 0 Å². The van der Waals surface area contributed by atoms with Crippen LogP contribution in [0.3, 0.4) is 0 Å². The molecule has 0 radical (unpaired) electrons. The number of nitrogens with zero attached hydrogens (tertiary/aromatic N) is 2. The number of nitriles is 1. The first-order chi connectivity index (χ1) is 10.1. The number of aromatic nitrogens is 2. The van der Waals surface area contributed by atoms with Gasteiger partial charge >= 0.3 is 0 Å². The molecule has 0 atom stereocenters. The largest absolute Gasteiger partial charge is 0.497 e. The predicted molar refractivity (Wildman–Crippen MR) is 84.7 cm³/mol. The molecule has 0 aliphatic rings. The van der Waals surface area contributed by atoms with Crippen molar-refractivity contribution in [3.05, 3.63) is 51.8 Å². The van der Waals surface area contributed by atoms with Gasteiger partial charge in [0.25, 0.3) is 0 Å². The van der Waals surface area contributed by atoms with Crippen molar-refractivity contribution in [2.75, 3.05) is 7.11 Å². The smallest absolute Gasteiger partial charge is 0.182 e. The lowest BCUT2D eigenvalue weighted by Gasteiger charge is -2.08. The summed E-state index contributed by atoms with van der Waals surface area (Å²) in [4.78, 5) is 3.12. The number of benzene rings is 2. The summed E-state index contributed by atoms with van der Waals surface area (Å²) in [6.07, 6.45) is 0. The highest BCUT2D eigenvalue weighted by Gasteiger charge is 2.12. The van der Waals surface area contributed by atoms with Gasteiger partial charge in [0.1, 0.15) is 11.8 Å². The number of ether oxygens (including phenoxy) is 1. The zero-order valence-electron chi connectivity index (χ0n) is 11.1. The van der Waals surface area contributed by atoms with E-state index < -0.39 is 0 Å². The monoisotopic (exact) mass is 315 g/mol. The van der Waals surface area contributed by atoms with Gasteiger partial charge in [0.2, 0.25) is 0 Å². The maximum absolute atomic E-state index is 9.30. The number of aromatic amines is 1. The molecule has 0 aliphatic carbocycles. The van der Waals surface area contributed by atoms with Gasteiger partial charge in [-0.15, -0.1) is 0 Å². The highest BCUT2D eigenvalue weighted by molar-refractivity contribution is 7.71. The summed E-state index contributed by atoms with van der Waals surface area (Å²) in [6, 6.07) is 12.8. The van der Waals surface area contributed by atoms with E-state index in [2.05, 4.69) is 11.1 Å². The maximum atomic E-state index is 9.30. The zero-order valence-corrected chi connectivity index (χ0v) is 12.6. The van der Waals surface area contributed by atoms with Crippen LogP contribution < -0.4 is 4.74 Å². The Morgan fingerprint density at radius 3 is 2.81 bits per heavy atom. The molecule has 0 saturated carbocycles. The number of fused-ring (bicyclic) bond motifs is 1. The van der Waals surface area contributed by atoms with Crippen molar-refractivity contribution in [1.82, 2.24) is 9.55 Å². The first-order valence-electron chi connectivity index (χ1n) is 6.13. The molecular formula is C15H10ClN3OS. The van der Waals surface area contributed by atoms with E-state index in [9.17, 15) is 5.26 Å². The SMILES string of the molecule is COc1ccc2[nH]c(=S)n(-c3cc(Cl)ccc3C#N)c2c1. The second-order valence-electron chi connectivity index (χ2n) is 4.42. The molecule has 0 amide bonds. The van der Waals surface area contributed by atoms with E-state index in [1.165, 1.54) is 0 Å². The van der Waals surface area contributed by atoms with Gasteiger partial charge < -0.3 is 9.72 Å². The number of imidazole rings is 1. The molecule has 21 heavy (non-hydrogen) atoms. The molecule has 1 heterocycles. The molecule has 0 spiro atoms. The maximum Gasteiger partial charge on any atom is 0.182 e. The van der Waals surface area contributed by atoms with Gasteiger partial charge in [-0.1, -0.05) is 11.6 Å². The third-order valence-corrected chi connectivity index (χ3v) is 3.73. The average molecular weight is 316 g/mol. The number of H-pyrrole nitrogens is 1. The fraction of sp³-hybridized carbons (Fsp3) is 0.0667. The van der Waals surface area contributed by atoms with E-state index in [-0.39, 0.29) is 0 Å². The summed E-state index contributed by atoms with van der Waals surface area (Å²) in [6.45, 7) is 0. The molecule has 0 unspecified atom stereocenters. The van der Waals surface area contributed by atoms with Crippen LogP contribution in [0.4, 0.5) is 0 Å². The van der Waals surface area contributed by atoms with E-state index in [4.69, 9.17) is 28.6 Å². The Balaban J connectivity index is 2.40. The fourth-order valence-corrected chi connectivity index (χ4v) is 2.71. The third-order valence-electron chi connectivity index (χ3n) is 3.21. The molecule has 0 aliphatic heterocycles. The van der Waals surface area contributed by atoms with Gasteiger partial charge in [0.15, 0.2) is 4.77 Å². The molecule has 4 nitrogen and oxygen atoms in total. The predicted octanol–water partition coefficient (Wildman–Crippen LogP) is 4.22. The Bertz CT molecular complexity index is 936. The van der Waals surface area contributed by atoms with Gasteiger partial charge in [0, 0.05) is 11.1 Å². The number of rotatable bonds is 2. The fourth-order valence-electron chi connectivity index (χ4n) is 2.23. The van der Waals surface area contributed by atoms with Crippen molar-refractivity contribution < 1.29 is 4.74 Å². The second kappa shape index (κ2) is 5.24. The third kappa shape index (κ3) is 2.29. The summed E-state index contributed by atoms with van der Waals surface area (Å²) in [7, 11) is 1.60. The molecule has 1 aromatic heterocycles. The van der Waals surface area contributed by atoms with Gasteiger partial charge in [-0.25, -0.2) is 0 Å². The molecule has 0 bridgehead atoms. The Kier molecular flexibility index (Phi) is 3.42. The van der Waals surface area contributed by atoms with E-state index in [1.54, 1.807) is 29.9 Å². The summed E-state index contributed by atoms with van der Waals surface area (Å²) in [5.41, 5.74) is 2.84. The number of methoxy groups -OCH3 is 1. The number of halogens is 1. The van der Waals surface area contributed by atoms with Gasteiger partial charge in [-0.2, -0.15) is 5.26 Å². The lowest BCUT2D eigenvalue weighted by molar-refractivity contribution is 0.415. The van der Waals surface area contributed by atoms with Crippen LogP contribution in [-0.2, 0) is 0 Å². The topological polar surface area (TPSA) is 53.7 Å². The summed E-state index contributed by atoms with van der Waals surface area (Å²) in [5.74, 6) is 0.714. The molecule has 0 fully saturated rings. The van der Waals surface area contributed by atoms with Gasteiger partial charge in [-0.05, 0) is 42.5 Å². The summed E-state index contributed by atoms with van der Waals surface area (Å²) < 4.78 is 7.54. The Labute approximate surface area is 131 Å². The second-order valence-corrected chi connectivity index (χ2v) is 5.25. The molecule has 3 aromatic rings. The lowest BCUT2D eigenvalue weighted by Crippen LogP contribution is -1.98. The Morgan fingerprint density at radius 1 is 1.29 bits per heavy atom. The molecule has 3 rings (SSSR count). The molecular weight excluding hydrogens is 306 g/mol. The van der Waals surface area contributed by atoms with Gasteiger partial charge in [0.05, 0.1) is 29.4 Å². The van der Waals surface area contributed by atoms with Crippen molar-refractivity contribution in [2.24, 2.45) is 0 Å². The highest BCUT2D eigenvalue weighted by atomic mass is 35.5. The van der Waals surface area contributed by atoms with Gasteiger partial charge in [-0.3, -0.25) is 4.57 Å². The van der Waals surface area contributed by atoms with Crippen LogP contribution in [0.2, 0.25) is 5.02 Å². The van der Waals surface area contributed by atoms with E-state index in [0.29, 0.717) is 26.8 Å². The minimum atomic E-state index is 0.497. The average Bonchev–Trinajstić information content (AvgIpc) is 2.81. The quantitative estimate of drug-likeness (QED) is 0.720. The Hall–Kier alpha value is -2.29. The first-order valence-corrected chi connectivity index (χ1v) is 6.91. The van der Waals surface area contributed by atoms with E-state index in [1.807, 2.05) is 18.2 Å². The molecule has 2 aromatic carbocycles. The Morgan fingerprint density at radius 2 is 2.10 bits per heavy atom. The highest BCUT2D eigenvalue weighted by Crippen LogP contribution is 2.27. The summed E-state index contributed by atoms with van der Waals surface area (Å²) >= 11 is 11.4. The van der Waals surface area contributed by atoms with Crippen molar-refractivity contribution in [1.29, 1.82) is 5.26 Å². The van der Waals surface area contributed by atoms with Crippen LogP contribution in [0.1, 0.15) is 5.56 Å². The van der Waals surface area contributed by atoms with Crippen LogP contribution in [0.5, 0.6) is 5.75 Å². The minimum absolute atomic E-state index is 0.497. The van der Waals surface area contributed by atoms with Crippen molar-refractivity contribution in [3.63, 3.8) is 0 Å². The molecule has 0 saturated heterocycles.